The summed E-state index contributed by atoms with van der Waals surface area (Å²) in [7, 11) is 2.22. The maximum Gasteiger partial charge on any atom is 0.166 e. The molecule has 0 radical (unpaired) electrons. The molecule has 21 heavy (non-hydrogen) atoms. The number of carbonyl (C=O) groups excluding carboxylic acids is 1. The molecule has 2 heterocycles. The number of fused-ring (bicyclic) bond motifs is 3. The summed E-state index contributed by atoms with van der Waals surface area (Å²) in [4.78, 5) is 15.5. The number of carbonyl (C=O) groups is 1. The minimum Gasteiger partial charge on any atom is -0.300 e. The van der Waals surface area contributed by atoms with Gasteiger partial charge in [-0.05, 0) is 43.5 Å². The third-order valence-corrected chi connectivity index (χ3v) is 5.52. The van der Waals surface area contributed by atoms with Crippen molar-refractivity contribution in [1.82, 2.24) is 4.90 Å². The third-order valence-electron chi connectivity index (χ3n) is 5.52. The van der Waals surface area contributed by atoms with Gasteiger partial charge < -0.3 is 4.90 Å². The number of nitrogens with zero attached hydrogens (tertiary/aromatic N) is 1. The highest BCUT2D eigenvalue weighted by molar-refractivity contribution is 6.09. The SMILES string of the molecule is CN1C2CCC1CC(C(=O)c1cccc3ccccc13)C2. The lowest BCUT2D eigenvalue weighted by Gasteiger charge is -2.35. The van der Waals surface area contributed by atoms with E-state index < -0.39 is 0 Å². The second-order valence-corrected chi connectivity index (χ2v) is 6.61. The van der Waals surface area contributed by atoms with Gasteiger partial charge in [-0.15, -0.1) is 0 Å². The first-order valence-electron chi connectivity index (χ1n) is 7.98. The van der Waals surface area contributed by atoms with Crippen LogP contribution in [0.3, 0.4) is 0 Å². The van der Waals surface area contributed by atoms with Crippen molar-refractivity contribution < 1.29 is 4.79 Å². The molecule has 2 aromatic carbocycles. The summed E-state index contributed by atoms with van der Waals surface area (Å²) < 4.78 is 0. The Balaban J connectivity index is 1.68. The number of benzene rings is 2. The first-order chi connectivity index (χ1) is 10.2. The first kappa shape index (κ1) is 13.0. The van der Waals surface area contributed by atoms with Crippen LogP contribution >= 0.6 is 0 Å². The molecule has 0 spiro atoms. The number of ketones is 1. The molecule has 4 rings (SSSR count). The molecule has 2 atom stereocenters. The summed E-state index contributed by atoms with van der Waals surface area (Å²) in [5.74, 6) is 0.571. The number of piperidine rings is 1. The minimum atomic E-state index is 0.213. The number of hydrogen-bond acceptors (Lipinski definition) is 2. The molecule has 0 N–H and O–H groups in total. The molecule has 2 bridgehead atoms. The lowest BCUT2D eigenvalue weighted by molar-refractivity contribution is 0.0769. The molecule has 2 heteroatoms. The average molecular weight is 279 g/mol. The van der Waals surface area contributed by atoms with Gasteiger partial charge in [0.25, 0.3) is 0 Å². The van der Waals surface area contributed by atoms with Crippen molar-refractivity contribution in [2.45, 2.75) is 37.8 Å². The maximum absolute atomic E-state index is 13.0. The van der Waals surface area contributed by atoms with Crippen LogP contribution in [0.25, 0.3) is 10.8 Å². The normalized spacial score (nSPS) is 28.9. The van der Waals surface area contributed by atoms with Crippen LogP contribution in [0.15, 0.2) is 42.5 Å². The van der Waals surface area contributed by atoms with Gasteiger partial charge in [-0.3, -0.25) is 4.79 Å². The quantitative estimate of drug-likeness (QED) is 0.777. The minimum absolute atomic E-state index is 0.213. The zero-order valence-corrected chi connectivity index (χ0v) is 12.5. The van der Waals surface area contributed by atoms with Gasteiger partial charge >= 0.3 is 0 Å². The van der Waals surface area contributed by atoms with Crippen LogP contribution in [0.1, 0.15) is 36.0 Å². The Morgan fingerprint density at radius 1 is 1.00 bits per heavy atom. The molecule has 0 aromatic heterocycles. The molecule has 2 saturated heterocycles. The molecule has 0 aliphatic carbocycles. The van der Waals surface area contributed by atoms with E-state index in [2.05, 4.69) is 30.1 Å². The first-order valence-corrected chi connectivity index (χ1v) is 7.98. The standard InChI is InChI=1S/C19H21NO/c1-20-15-9-10-16(20)12-14(11-15)19(21)18-8-4-6-13-5-2-3-7-17(13)18/h2-8,14-16H,9-12H2,1H3. The lowest BCUT2D eigenvalue weighted by Crippen LogP contribution is -2.42. The Morgan fingerprint density at radius 2 is 1.67 bits per heavy atom. The molecule has 2 nitrogen and oxygen atoms in total. The summed E-state index contributed by atoms with van der Waals surface area (Å²) in [6.07, 6.45) is 4.60. The fourth-order valence-electron chi connectivity index (χ4n) is 4.29. The Bertz CT molecular complexity index is 674. The van der Waals surface area contributed by atoms with Crippen molar-refractivity contribution >= 4 is 16.6 Å². The van der Waals surface area contributed by atoms with Gasteiger partial charge in [0.1, 0.15) is 0 Å². The molecular formula is C19H21NO. The van der Waals surface area contributed by atoms with Gasteiger partial charge in [-0.2, -0.15) is 0 Å². The van der Waals surface area contributed by atoms with E-state index in [1.54, 1.807) is 0 Å². The largest absolute Gasteiger partial charge is 0.300 e. The smallest absolute Gasteiger partial charge is 0.166 e. The van der Waals surface area contributed by atoms with E-state index in [0.717, 1.165) is 23.8 Å². The second kappa shape index (κ2) is 4.96. The Labute approximate surface area is 125 Å². The van der Waals surface area contributed by atoms with Gasteiger partial charge in [0.15, 0.2) is 5.78 Å². The molecule has 0 amide bonds. The zero-order valence-electron chi connectivity index (χ0n) is 12.5. The van der Waals surface area contributed by atoms with E-state index in [9.17, 15) is 4.79 Å². The van der Waals surface area contributed by atoms with E-state index in [1.165, 1.54) is 18.2 Å². The van der Waals surface area contributed by atoms with Crippen LogP contribution in [-0.4, -0.2) is 29.8 Å². The highest BCUT2D eigenvalue weighted by Crippen LogP contribution is 2.39. The van der Waals surface area contributed by atoms with Crippen molar-refractivity contribution in [1.29, 1.82) is 0 Å². The highest BCUT2D eigenvalue weighted by Gasteiger charge is 2.41. The number of Topliss-reactive ketones (excluding diaryl/α,β-unsaturated/α-hetero) is 1. The molecule has 108 valence electrons. The zero-order chi connectivity index (χ0) is 14.4. The summed E-state index contributed by atoms with van der Waals surface area (Å²) in [5, 5.41) is 2.27. The Hall–Kier alpha value is -1.67. The second-order valence-electron chi connectivity index (χ2n) is 6.61. The Morgan fingerprint density at radius 3 is 2.43 bits per heavy atom. The highest BCUT2D eigenvalue weighted by atomic mass is 16.1. The van der Waals surface area contributed by atoms with Crippen molar-refractivity contribution in [2.24, 2.45) is 5.92 Å². The molecular weight excluding hydrogens is 258 g/mol. The van der Waals surface area contributed by atoms with E-state index >= 15 is 0 Å². The fraction of sp³-hybridized carbons (Fsp3) is 0.421. The van der Waals surface area contributed by atoms with Crippen molar-refractivity contribution in [3.8, 4) is 0 Å². The fourth-order valence-corrected chi connectivity index (χ4v) is 4.29. The van der Waals surface area contributed by atoms with Crippen LogP contribution in [0.2, 0.25) is 0 Å². The summed E-state index contributed by atoms with van der Waals surface area (Å²) in [5.41, 5.74) is 0.919. The third kappa shape index (κ3) is 2.09. The maximum atomic E-state index is 13.0. The van der Waals surface area contributed by atoms with Crippen molar-refractivity contribution in [3.05, 3.63) is 48.0 Å². The van der Waals surface area contributed by atoms with Gasteiger partial charge in [-0.25, -0.2) is 0 Å². The summed E-state index contributed by atoms with van der Waals surface area (Å²) in [6, 6.07) is 15.6. The average Bonchev–Trinajstić information content (AvgIpc) is 2.75. The molecule has 2 fully saturated rings. The molecule has 2 aliphatic rings. The number of rotatable bonds is 2. The Kier molecular flexibility index (Phi) is 3.07. The predicted octanol–water partition coefficient (Wildman–Crippen LogP) is 3.90. The predicted molar refractivity (Wildman–Crippen MR) is 85.6 cm³/mol. The summed E-state index contributed by atoms with van der Waals surface area (Å²) >= 11 is 0. The van der Waals surface area contributed by atoms with Gasteiger partial charge in [0.05, 0.1) is 0 Å². The van der Waals surface area contributed by atoms with E-state index in [4.69, 9.17) is 0 Å². The van der Waals surface area contributed by atoms with Crippen molar-refractivity contribution in [3.63, 3.8) is 0 Å². The van der Waals surface area contributed by atoms with Gasteiger partial charge in [0.2, 0.25) is 0 Å². The van der Waals surface area contributed by atoms with Crippen LogP contribution in [0, 0.1) is 5.92 Å². The van der Waals surface area contributed by atoms with E-state index in [0.29, 0.717) is 17.9 Å². The van der Waals surface area contributed by atoms with E-state index in [1.807, 2.05) is 24.3 Å². The van der Waals surface area contributed by atoms with Crippen LogP contribution in [0.5, 0.6) is 0 Å². The van der Waals surface area contributed by atoms with Crippen LogP contribution < -0.4 is 0 Å². The van der Waals surface area contributed by atoms with Gasteiger partial charge in [-0.1, -0.05) is 42.5 Å². The molecule has 2 aliphatic heterocycles. The topological polar surface area (TPSA) is 20.3 Å². The number of hydrogen-bond donors (Lipinski definition) is 0. The lowest BCUT2D eigenvalue weighted by atomic mass is 9.84. The van der Waals surface area contributed by atoms with Gasteiger partial charge in [0, 0.05) is 23.6 Å². The molecule has 0 saturated carbocycles. The monoisotopic (exact) mass is 279 g/mol. The van der Waals surface area contributed by atoms with Crippen molar-refractivity contribution in [2.75, 3.05) is 7.05 Å². The van der Waals surface area contributed by atoms with Crippen LogP contribution in [0.4, 0.5) is 0 Å². The van der Waals surface area contributed by atoms with Crippen LogP contribution in [-0.2, 0) is 0 Å². The van der Waals surface area contributed by atoms with E-state index in [-0.39, 0.29) is 5.92 Å². The molecule has 2 aromatic rings. The molecule has 2 unspecified atom stereocenters. The summed E-state index contributed by atoms with van der Waals surface area (Å²) in [6.45, 7) is 0.